The molecular weight excluding hydrogens is 280 g/mol. The van der Waals surface area contributed by atoms with Gasteiger partial charge < -0.3 is 5.11 Å². The maximum Gasteiger partial charge on any atom is 0.279 e. The molecule has 0 saturated carbocycles. The van der Waals surface area contributed by atoms with Crippen molar-refractivity contribution in [1.29, 1.82) is 0 Å². The third-order valence-electron chi connectivity index (χ3n) is 3.77. The lowest BCUT2D eigenvalue weighted by molar-refractivity contribution is 0.155. The molecule has 1 aromatic carbocycles. The van der Waals surface area contributed by atoms with Crippen LogP contribution in [-0.2, 0) is 20.0 Å². The standard InChI is InChI=1S/C16H18N4O2/c1-3-12-14-15(19(2)18-12)16(22)20(10-17-14)9-13(21)11-7-5-4-6-8-11/h4-8,10,13,21H,3,9H2,1-2H3/t13-/m0/s1. The summed E-state index contributed by atoms with van der Waals surface area (Å²) < 4.78 is 3.00. The highest BCUT2D eigenvalue weighted by atomic mass is 16.3. The molecule has 114 valence electrons. The number of fused-ring (bicyclic) bond motifs is 1. The van der Waals surface area contributed by atoms with E-state index in [-0.39, 0.29) is 12.1 Å². The smallest absolute Gasteiger partial charge is 0.279 e. The molecule has 6 heteroatoms. The molecule has 0 aliphatic carbocycles. The summed E-state index contributed by atoms with van der Waals surface area (Å²) in [5.74, 6) is 0. The molecule has 6 nitrogen and oxygen atoms in total. The highest BCUT2D eigenvalue weighted by molar-refractivity contribution is 5.76. The molecule has 22 heavy (non-hydrogen) atoms. The van der Waals surface area contributed by atoms with E-state index in [4.69, 9.17) is 0 Å². The van der Waals surface area contributed by atoms with Gasteiger partial charge in [0.2, 0.25) is 0 Å². The number of aliphatic hydroxyl groups excluding tert-OH is 1. The van der Waals surface area contributed by atoms with Gasteiger partial charge in [0.25, 0.3) is 5.56 Å². The molecule has 2 heterocycles. The first kappa shape index (κ1) is 14.5. The van der Waals surface area contributed by atoms with Crippen molar-refractivity contribution < 1.29 is 5.11 Å². The minimum Gasteiger partial charge on any atom is -0.387 e. The number of aryl methyl sites for hydroxylation is 2. The fraction of sp³-hybridized carbons (Fsp3) is 0.312. The lowest BCUT2D eigenvalue weighted by Crippen LogP contribution is -2.25. The number of hydrogen-bond acceptors (Lipinski definition) is 4. The van der Waals surface area contributed by atoms with Crippen LogP contribution in [0.3, 0.4) is 0 Å². The van der Waals surface area contributed by atoms with Crippen LogP contribution in [0.4, 0.5) is 0 Å². The van der Waals surface area contributed by atoms with Crippen LogP contribution in [0, 0.1) is 0 Å². The third kappa shape index (κ3) is 2.42. The van der Waals surface area contributed by atoms with Gasteiger partial charge in [0.15, 0.2) is 5.52 Å². The number of aliphatic hydroxyl groups is 1. The Hall–Kier alpha value is -2.47. The number of hydrogen-bond donors (Lipinski definition) is 1. The lowest BCUT2D eigenvalue weighted by atomic mass is 10.1. The van der Waals surface area contributed by atoms with Crippen molar-refractivity contribution in [1.82, 2.24) is 19.3 Å². The summed E-state index contributed by atoms with van der Waals surface area (Å²) in [6, 6.07) is 9.27. The second kappa shape index (κ2) is 5.73. The van der Waals surface area contributed by atoms with Gasteiger partial charge in [0, 0.05) is 7.05 Å². The summed E-state index contributed by atoms with van der Waals surface area (Å²) in [5, 5.41) is 14.6. The Morgan fingerprint density at radius 3 is 2.68 bits per heavy atom. The van der Waals surface area contributed by atoms with Crippen LogP contribution in [0.2, 0.25) is 0 Å². The molecule has 0 amide bonds. The Balaban J connectivity index is 2.00. The zero-order valence-corrected chi connectivity index (χ0v) is 12.6. The molecule has 1 atom stereocenters. The quantitative estimate of drug-likeness (QED) is 0.791. The summed E-state index contributed by atoms with van der Waals surface area (Å²) in [6.45, 7) is 2.15. The molecule has 0 fully saturated rings. The van der Waals surface area contributed by atoms with Gasteiger partial charge in [-0.05, 0) is 12.0 Å². The van der Waals surface area contributed by atoms with E-state index >= 15 is 0 Å². The van der Waals surface area contributed by atoms with Crippen molar-refractivity contribution >= 4 is 11.0 Å². The predicted octanol–water partition coefficient (Wildman–Crippen LogP) is 1.43. The third-order valence-corrected chi connectivity index (χ3v) is 3.77. The first-order chi connectivity index (χ1) is 10.6. The fourth-order valence-corrected chi connectivity index (χ4v) is 2.59. The molecule has 0 aliphatic heterocycles. The molecule has 0 bridgehead atoms. The van der Waals surface area contributed by atoms with Gasteiger partial charge >= 0.3 is 0 Å². The summed E-state index contributed by atoms with van der Waals surface area (Å²) in [6.07, 6.45) is 1.45. The van der Waals surface area contributed by atoms with Gasteiger partial charge in [-0.25, -0.2) is 4.98 Å². The van der Waals surface area contributed by atoms with Crippen LogP contribution >= 0.6 is 0 Å². The Morgan fingerprint density at radius 2 is 2.00 bits per heavy atom. The van der Waals surface area contributed by atoms with Crippen LogP contribution in [0.25, 0.3) is 11.0 Å². The van der Waals surface area contributed by atoms with Gasteiger partial charge in [-0.1, -0.05) is 37.3 Å². The van der Waals surface area contributed by atoms with Crippen molar-refractivity contribution in [3.8, 4) is 0 Å². The second-order valence-corrected chi connectivity index (χ2v) is 5.25. The van der Waals surface area contributed by atoms with E-state index in [1.165, 1.54) is 10.9 Å². The van der Waals surface area contributed by atoms with Crippen LogP contribution in [-0.4, -0.2) is 24.4 Å². The van der Waals surface area contributed by atoms with Crippen LogP contribution in [0.1, 0.15) is 24.3 Å². The number of rotatable bonds is 4. The van der Waals surface area contributed by atoms with Gasteiger partial charge in [-0.15, -0.1) is 0 Å². The van der Waals surface area contributed by atoms with Crippen molar-refractivity contribution in [2.45, 2.75) is 26.0 Å². The maximum atomic E-state index is 12.6. The minimum atomic E-state index is -0.753. The van der Waals surface area contributed by atoms with Crippen molar-refractivity contribution in [2.75, 3.05) is 0 Å². The first-order valence-corrected chi connectivity index (χ1v) is 7.25. The lowest BCUT2D eigenvalue weighted by Gasteiger charge is -2.12. The van der Waals surface area contributed by atoms with Crippen LogP contribution in [0.5, 0.6) is 0 Å². The largest absolute Gasteiger partial charge is 0.387 e. The Morgan fingerprint density at radius 1 is 1.27 bits per heavy atom. The Kier molecular flexibility index (Phi) is 3.77. The molecule has 0 saturated heterocycles. The average molecular weight is 298 g/mol. The van der Waals surface area contributed by atoms with E-state index in [0.29, 0.717) is 11.0 Å². The zero-order valence-electron chi connectivity index (χ0n) is 12.6. The van der Waals surface area contributed by atoms with Crippen molar-refractivity contribution in [3.63, 3.8) is 0 Å². The first-order valence-electron chi connectivity index (χ1n) is 7.25. The van der Waals surface area contributed by atoms with E-state index in [2.05, 4.69) is 10.1 Å². The molecule has 0 aliphatic rings. The second-order valence-electron chi connectivity index (χ2n) is 5.25. The van der Waals surface area contributed by atoms with Crippen molar-refractivity contribution in [2.24, 2.45) is 7.05 Å². The van der Waals surface area contributed by atoms with E-state index < -0.39 is 6.10 Å². The van der Waals surface area contributed by atoms with E-state index in [1.807, 2.05) is 37.3 Å². The van der Waals surface area contributed by atoms with Crippen molar-refractivity contribution in [3.05, 3.63) is 58.3 Å². The molecular formula is C16H18N4O2. The molecule has 1 N–H and O–H groups in total. The summed E-state index contributed by atoms with van der Waals surface area (Å²) in [7, 11) is 1.74. The number of benzene rings is 1. The number of nitrogens with zero attached hydrogens (tertiary/aromatic N) is 4. The monoisotopic (exact) mass is 298 g/mol. The Labute approximate surface area is 127 Å². The average Bonchev–Trinajstić information content (AvgIpc) is 2.87. The van der Waals surface area contributed by atoms with Gasteiger partial charge in [-0.2, -0.15) is 5.10 Å². The minimum absolute atomic E-state index is 0.165. The number of aromatic nitrogens is 4. The topological polar surface area (TPSA) is 72.9 Å². The molecule has 2 aromatic heterocycles. The van der Waals surface area contributed by atoms with E-state index in [9.17, 15) is 9.90 Å². The van der Waals surface area contributed by atoms with Crippen LogP contribution in [0.15, 0.2) is 41.5 Å². The normalized spacial score (nSPS) is 12.7. The summed E-state index contributed by atoms with van der Waals surface area (Å²) in [4.78, 5) is 16.9. The fourth-order valence-electron chi connectivity index (χ4n) is 2.59. The van der Waals surface area contributed by atoms with Gasteiger partial charge in [0.1, 0.15) is 5.52 Å². The molecule has 3 aromatic rings. The molecule has 0 radical (unpaired) electrons. The van der Waals surface area contributed by atoms with Gasteiger partial charge in [-0.3, -0.25) is 14.0 Å². The highest BCUT2D eigenvalue weighted by Crippen LogP contribution is 2.15. The predicted molar refractivity (Wildman–Crippen MR) is 83.5 cm³/mol. The highest BCUT2D eigenvalue weighted by Gasteiger charge is 2.16. The summed E-state index contributed by atoms with van der Waals surface area (Å²) >= 11 is 0. The SMILES string of the molecule is CCc1nn(C)c2c(=O)n(C[C@H](O)c3ccccc3)cnc12. The maximum absolute atomic E-state index is 12.6. The zero-order chi connectivity index (χ0) is 15.7. The van der Waals surface area contributed by atoms with E-state index in [1.54, 1.807) is 11.7 Å². The Bertz CT molecular complexity index is 852. The summed E-state index contributed by atoms with van der Waals surface area (Å²) in [5.41, 5.74) is 2.51. The molecule has 0 spiro atoms. The van der Waals surface area contributed by atoms with Crippen LogP contribution < -0.4 is 5.56 Å². The van der Waals surface area contributed by atoms with E-state index in [0.717, 1.165) is 17.7 Å². The molecule has 3 rings (SSSR count). The van der Waals surface area contributed by atoms with Gasteiger partial charge in [0.05, 0.1) is 24.7 Å². The molecule has 0 unspecified atom stereocenters.